The molecule has 1 fully saturated rings. The summed E-state index contributed by atoms with van der Waals surface area (Å²) in [5.41, 5.74) is 1.55. The molecule has 2 aliphatic rings. The van der Waals surface area contributed by atoms with Crippen LogP contribution in [0.4, 0.5) is 0 Å². The van der Waals surface area contributed by atoms with Crippen molar-refractivity contribution in [2.45, 2.75) is 43.2 Å². The van der Waals surface area contributed by atoms with E-state index in [4.69, 9.17) is 8.92 Å². The van der Waals surface area contributed by atoms with Crippen molar-refractivity contribution < 1.29 is 17.3 Å². The van der Waals surface area contributed by atoms with Crippen LogP contribution in [0.5, 0.6) is 6.01 Å². The zero-order chi connectivity index (χ0) is 17.6. The Morgan fingerprint density at radius 1 is 1.28 bits per heavy atom. The van der Waals surface area contributed by atoms with E-state index in [0.717, 1.165) is 24.1 Å². The molecule has 1 saturated carbocycles. The number of rotatable bonds is 5. The SMILES string of the molecule is Cc1ccc(S(=O)(=O)OCC2Cn3c(C4CC4)cc(=O)nc3O2)cc1. The molecule has 8 heteroatoms. The van der Waals surface area contributed by atoms with Crippen LogP contribution in [-0.4, -0.2) is 30.7 Å². The average molecular weight is 362 g/mol. The Balaban J connectivity index is 1.47. The van der Waals surface area contributed by atoms with Crippen molar-refractivity contribution in [1.82, 2.24) is 9.55 Å². The van der Waals surface area contributed by atoms with E-state index in [1.807, 2.05) is 11.5 Å². The molecule has 1 unspecified atom stereocenters. The normalized spacial score (nSPS) is 19.5. The molecule has 1 atom stereocenters. The second-order valence-electron chi connectivity index (χ2n) is 6.48. The van der Waals surface area contributed by atoms with Crippen LogP contribution in [0.15, 0.2) is 40.0 Å². The first-order valence-electron chi connectivity index (χ1n) is 8.17. The van der Waals surface area contributed by atoms with Gasteiger partial charge in [0.05, 0.1) is 11.4 Å². The quantitative estimate of drug-likeness (QED) is 0.751. The third-order valence-corrected chi connectivity index (χ3v) is 5.69. The number of nitrogens with zero attached hydrogens (tertiary/aromatic N) is 2. The molecule has 2 aromatic rings. The molecule has 0 N–H and O–H groups in total. The smallest absolute Gasteiger partial charge is 0.300 e. The van der Waals surface area contributed by atoms with E-state index < -0.39 is 16.2 Å². The van der Waals surface area contributed by atoms with Crippen molar-refractivity contribution in [2.24, 2.45) is 0 Å². The van der Waals surface area contributed by atoms with E-state index in [1.54, 1.807) is 12.1 Å². The van der Waals surface area contributed by atoms with E-state index in [0.29, 0.717) is 12.5 Å². The molecule has 0 amide bonds. The highest BCUT2D eigenvalue weighted by Crippen LogP contribution is 2.41. The minimum atomic E-state index is -3.85. The van der Waals surface area contributed by atoms with Crippen molar-refractivity contribution >= 4 is 10.1 Å². The van der Waals surface area contributed by atoms with E-state index in [2.05, 4.69) is 4.98 Å². The highest BCUT2D eigenvalue weighted by atomic mass is 32.2. The number of benzene rings is 1. The number of hydrogen-bond acceptors (Lipinski definition) is 6. The summed E-state index contributed by atoms with van der Waals surface area (Å²) in [7, 11) is -3.85. The summed E-state index contributed by atoms with van der Waals surface area (Å²) in [5.74, 6) is 0.369. The van der Waals surface area contributed by atoms with Crippen molar-refractivity contribution in [3.63, 3.8) is 0 Å². The van der Waals surface area contributed by atoms with Gasteiger partial charge in [-0.2, -0.15) is 13.4 Å². The molecule has 25 heavy (non-hydrogen) atoms. The van der Waals surface area contributed by atoms with Gasteiger partial charge in [0.2, 0.25) is 0 Å². The molecule has 0 radical (unpaired) electrons. The van der Waals surface area contributed by atoms with Crippen molar-refractivity contribution in [1.29, 1.82) is 0 Å². The number of aromatic nitrogens is 2. The maximum absolute atomic E-state index is 12.3. The Labute approximate surface area is 145 Å². The molecule has 1 aromatic heterocycles. The Hall–Kier alpha value is -2.19. The zero-order valence-corrected chi connectivity index (χ0v) is 14.5. The summed E-state index contributed by atoms with van der Waals surface area (Å²) >= 11 is 0. The van der Waals surface area contributed by atoms with Gasteiger partial charge < -0.3 is 4.74 Å². The lowest BCUT2D eigenvalue weighted by Crippen LogP contribution is -2.24. The summed E-state index contributed by atoms with van der Waals surface area (Å²) in [4.78, 5) is 15.7. The lowest BCUT2D eigenvalue weighted by atomic mass is 10.2. The summed E-state index contributed by atoms with van der Waals surface area (Å²) in [6.45, 7) is 2.18. The molecule has 132 valence electrons. The molecular formula is C17H18N2O5S. The van der Waals surface area contributed by atoms with Gasteiger partial charge in [-0.15, -0.1) is 0 Å². The monoisotopic (exact) mass is 362 g/mol. The minimum Gasteiger partial charge on any atom is -0.457 e. The fourth-order valence-electron chi connectivity index (χ4n) is 2.91. The van der Waals surface area contributed by atoms with Gasteiger partial charge in [-0.05, 0) is 37.8 Å². The molecule has 1 aliphatic carbocycles. The van der Waals surface area contributed by atoms with Gasteiger partial charge in [-0.25, -0.2) is 0 Å². The predicted molar refractivity (Wildman–Crippen MR) is 89.2 cm³/mol. The minimum absolute atomic E-state index is 0.111. The first-order chi connectivity index (χ1) is 11.9. The Morgan fingerprint density at radius 2 is 2.00 bits per heavy atom. The average Bonchev–Trinajstić information content (AvgIpc) is 3.33. The molecule has 0 saturated heterocycles. The third kappa shape index (κ3) is 3.32. The van der Waals surface area contributed by atoms with Crippen LogP contribution in [0.2, 0.25) is 0 Å². The first-order valence-corrected chi connectivity index (χ1v) is 9.58. The molecule has 1 aliphatic heterocycles. The van der Waals surface area contributed by atoms with Gasteiger partial charge in [0, 0.05) is 11.8 Å². The largest absolute Gasteiger partial charge is 0.457 e. The standard InChI is InChI=1S/C17H18N2O5S/c1-11-2-6-14(7-3-11)25(21,22)23-10-13-9-19-15(12-4-5-12)8-16(20)18-17(19)24-13/h2-3,6-8,12-13H,4-5,9-10H2,1H3. The lowest BCUT2D eigenvalue weighted by Gasteiger charge is -2.10. The van der Waals surface area contributed by atoms with Crippen LogP contribution in [0, 0.1) is 6.92 Å². The summed E-state index contributed by atoms with van der Waals surface area (Å²) in [6, 6.07) is 8.25. The highest BCUT2D eigenvalue weighted by Gasteiger charge is 2.33. The Morgan fingerprint density at radius 3 is 2.68 bits per heavy atom. The highest BCUT2D eigenvalue weighted by molar-refractivity contribution is 7.86. The predicted octanol–water partition coefficient (Wildman–Crippen LogP) is 1.60. The molecule has 0 bridgehead atoms. The Kier molecular flexibility index (Phi) is 3.88. The summed E-state index contributed by atoms with van der Waals surface area (Å²) in [6.07, 6.45) is 1.60. The molecule has 2 heterocycles. The zero-order valence-electron chi connectivity index (χ0n) is 13.7. The van der Waals surface area contributed by atoms with Crippen LogP contribution in [0.25, 0.3) is 0 Å². The van der Waals surface area contributed by atoms with Crippen molar-refractivity contribution in [3.8, 4) is 6.01 Å². The summed E-state index contributed by atoms with van der Waals surface area (Å²) in [5, 5.41) is 0. The lowest BCUT2D eigenvalue weighted by molar-refractivity contribution is 0.147. The topological polar surface area (TPSA) is 87.5 Å². The molecular weight excluding hydrogens is 344 g/mol. The number of hydrogen-bond donors (Lipinski definition) is 0. The van der Waals surface area contributed by atoms with Crippen LogP contribution < -0.4 is 10.3 Å². The molecule has 1 aromatic carbocycles. The molecule has 0 spiro atoms. The first kappa shape index (κ1) is 16.3. The van der Waals surface area contributed by atoms with Gasteiger partial charge in [-0.1, -0.05) is 17.7 Å². The summed E-state index contributed by atoms with van der Waals surface area (Å²) < 4.78 is 37.1. The van der Waals surface area contributed by atoms with Gasteiger partial charge in [0.25, 0.3) is 21.7 Å². The number of aryl methyl sites for hydroxylation is 1. The van der Waals surface area contributed by atoms with Gasteiger partial charge >= 0.3 is 0 Å². The van der Waals surface area contributed by atoms with Crippen LogP contribution in [-0.2, 0) is 20.8 Å². The fraction of sp³-hybridized carbons (Fsp3) is 0.412. The molecule has 4 rings (SSSR count). The van der Waals surface area contributed by atoms with Gasteiger partial charge in [-0.3, -0.25) is 13.5 Å². The van der Waals surface area contributed by atoms with E-state index in [-0.39, 0.29) is 23.1 Å². The van der Waals surface area contributed by atoms with Crippen LogP contribution in [0.1, 0.15) is 30.0 Å². The second kappa shape index (κ2) is 5.96. The van der Waals surface area contributed by atoms with E-state index in [9.17, 15) is 13.2 Å². The van der Waals surface area contributed by atoms with E-state index >= 15 is 0 Å². The third-order valence-electron chi connectivity index (χ3n) is 4.39. The van der Waals surface area contributed by atoms with E-state index in [1.165, 1.54) is 18.2 Å². The molecule has 7 nitrogen and oxygen atoms in total. The maximum Gasteiger partial charge on any atom is 0.300 e. The van der Waals surface area contributed by atoms with Crippen LogP contribution in [0.3, 0.4) is 0 Å². The fourth-order valence-corrected chi connectivity index (χ4v) is 3.84. The Bertz CT molecular complexity index is 962. The number of ether oxygens (including phenoxy) is 1. The maximum atomic E-state index is 12.3. The number of fused-ring (bicyclic) bond motifs is 1. The van der Waals surface area contributed by atoms with Crippen molar-refractivity contribution in [2.75, 3.05) is 6.61 Å². The second-order valence-corrected chi connectivity index (χ2v) is 8.09. The van der Waals surface area contributed by atoms with Crippen molar-refractivity contribution in [3.05, 3.63) is 51.9 Å². The van der Waals surface area contributed by atoms with Gasteiger partial charge in [0.1, 0.15) is 12.7 Å². The van der Waals surface area contributed by atoms with Gasteiger partial charge in [0.15, 0.2) is 0 Å². The van der Waals surface area contributed by atoms with Crippen LogP contribution >= 0.6 is 0 Å².